The zero-order chi connectivity index (χ0) is 21.3. The number of hydrogen-bond donors (Lipinski definition) is 0. The molecular weight excluding hydrogens is 396 g/mol. The first kappa shape index (κ1) is 19.8. The van der Waals surface area contributed by atoms with Crippen molar-refractivity contribution in [1.82, 2.24) is 14.4 Å². The van der Waals surface area contributed by atoms with E-state index in [0.29, 0.717) is 5.69 Å². The van der Waals surface area contributed by atoms with Crippen LogP contribution >= 0.6 is 0 Å². The SMILES string of the molecule is Cc1ccc(S(=O)(=O)n2cc(-c3cc(C)ccc3N(C)c3ccccc3)nn2)cc1. The molecule has 0 amide bonds. The summed E-state index contributed by atoms with van der Waals surface area (Å²) in [5, 5.41) is 8.11. The molecule has 0 bridgehead atoms. The summed E-state index contributed by atoms with van der Waals surface area (Å²) in [6.07, 6.45) is 1.46. The number of para-hydroxylation sites is 1. The van der Waals surface area contributed by atoms with Crippen LogP contribution in [0.3, 0.4) is 0 Å². The third-order valence-corrected chi connectivity index (χ3v) is 6.51. The molecular formula is C23H22N4O2S. The molecule has 3 aromatic carbocycles. The van der Waals surface area contributed by atoms with E-state index in [1.54, 1.807) is 24.3 Å². The number of aryl methyl sites for hydroxylation is 2. The number of benzene rings is 3. The van der Waals surface area contributed by atoms with Gasteiger partial charge in [-0.25, -0.2) is 0 Å². The van der Waals surface area contributed by atoms with Crippen LogP contribution in [0, 0.1) is 13.8 Å². The Kier molecular flexibility index (Phi) is 5.13. The van der Waals surface area contributed by atoms with Gasteiger partial charge in [0.25, 0.3) is 10.0 Å². The van der Waals surface area contributed by atoms with Crippen LogP contribution in [0.15, 0.2) is 83.9 Å². The number of rotatable bonds is 5. The summed E-state index contributed by atoms with van der Waals surface area (Å²) >= 11 is 0. The topological polar surface area (TPSA) is 68.1 Å². The maximum Gasteiger partial charge on any atom is 0.284 e. The van der Waals surface area contributed by atoms with Crippen LogP contribution in [-0.4, -0.2) is 29.9 Å². The Labute approximate surface area is 176 Å². The van der Waals surface area contributed by atoms with Crippen LogP contribution in [0.1, 0.15) is 11.1 Å². The van der Waals surface area contributed by atoms with Gasteiger partial charge in [-0.3, -0.25) is 0 Å². The molecule has 1 aromatic heterocycles. The quantitative estimate of drug-likeness (QED) is 0.475. The average Bonchev–Trinajstić information content (AvgIpc) is 3.25. The van der Waals surface area contributed by atoms with Crippen LogP contribution in [0.5, 0.6) is 0 Å². The Bertz CT molecular complexity index is 1280. The maximum absolute atomic E-state index is 12.9. The number of aromatic nitrogens is 3. The molecule has 0 N–H and O–H groups in total. The molecule has 4 aromatic rings. The molecule has 0 spiro atoms. The minimum Gasteiger partial charge on any atom is -0.344 e. The van der Waals surface area contributed by atoms with Gasteiger partial charge >= 0.3 is 0 Å². The van der Waals surface area contributed by atoms with E-state index in [-0.39, 0.29) is 4.90 Å². The van der Waals surface area contributed by atoms with Crippen LogP contribution in [0.2, 0.25) is 0 Å². The van der Waals surface area contributed by atoms with E-state index in [4.69, 9.17) is 0 Å². The van der Waals surface area contributed by atoms with E-state index in [9.17, 15) is 8.42 Å². The zero-order valence-corrected chi connectivity index (χ0v) is 17.8. The van der Waals surface area contributed by atoms with Gasteiger partial charge in [-0.15, -0.1) is 9.19 Å². The smallest absolute Gasteiger partial charge is 0.284 e. The van der Waals surface area contributed by atoms with Crippen LogP contribution in [-0.2, 0) is 10.0 Å². The Hall–Kier alpha value is -3.45. The van der Waals surface area contributed by atoms with Crippen molar-refractivity contribution < 1.29 is 8.42 Å². The molecule has 0 radical (unpaired) electrons. The van der Waals surface area contributed by atoms with Crippen LogP contribution < -0.4 is 4.90 Å². The average molecular weight is 419 g/mol. The Balaban J connectivity index is 1.77. The molecule has 152 valence electrons. The van der Waals surface area contributed by atoms with E-state index in [2.05, 4.69) is 10.3 Å². The predicted molar refractivity (Wildman–Crippen MR) is 118 cm³/mol. The maximum atomic E-state index is 12.9. The third kappa shape index (κ3) is 3.71. The molecule has 0 atom stereocenters. The highest BCUT2D eigenvalue weighted by Gasteiger charge is 2.21. The molecule has 4 rings (SSSR count). The van der Waals surface area contributed by atoms with Crippen molar-refractivity contribution in [3.05, 3.63) is 90.1 Å². The lowest BCUT2D eigenvalue weighted by Crippen LogP contribution is -2.13. The van der Waals surface area contributed by atoms with E-state index >= 15 is 0 Å². The summed E-state index contributed by atoms with van der Waals surface area (Å²) in [5.74, 6) is 0. The number of hydrogen-bond acceptors (Lipinski definition) is 5. The normalized spacial score (nSPS) is 11.4. The second kappa shape index (κ2) is 7.76. The summed E-state index contributed by atoms with van der Waals surface area (Å²) in [7, 11) is -1.84. The molecule has 0 saturated carbocycles. The molecule has 7 heteroatoms. The van der Waals surface area contributed by atoms with Crippen LogP contribution in [0.4, 0.5) is 11.4 Å². The lowest BCUT2D eigenvalue weighted by molar-refractivity contribution is 0.577. The Morgan fingerprint density at radius 2 is 1.53 bits per heavy atom. The zero-order valence-electron chi connectivity index (χ0n) is 17.0. The lowest BCUT2D eigenvalue weighted by Gasteiger charge is -2.22. The van der Waals surface area contributed by atoms with Crippen molar-refractivity contribution in [2.75, 3.05) is 11.9 Å². The van der Waals surface area contributed by atoms with Gasteiger partial charge in [-0.05, 0) is 50.2 Å². The van der Waals surface area contributed by atoms with Gasteiger partial charge in [0.05, 0.1) is 16.8 Å². The van der Waals surface area contributed by atoms with Crippen molar-refractivity contribution in [3.63, 3.8) is 0 Å². The molecule has 6 nitrogen and oxygen atoms in total. The minimum atomic E-state index is -3.81. The molecule has 1 heterocycles. The molecule has 0 aliphatic carbocycles. The van der Waals surface area contributed by atoms with Crippen molar-refractivity contribution in [3.8, 4) is 11.3 Å². The number of nitrogens with zero attached hydrogens (tertiary/aromatic N) is 4. The summed E-state index contributed by atoms with van der Waals surface area (Å²) < 4.78 is 26.8. The van der Waals surface area contributed by atoms with Gasteiger partial charge in [-0.1, -0.05) is 52.7 Å². The highest BCUT2D eigenvalue weighted by Crippen LogP contribution is 2.34. The lowest BCUT2D eigenvalue weighted by atomic mass is 10.1. The van der Waals surface area contributed by atoms with E-state index in [1.807, 2.05) is 74.3 Å². The highest BCUT2D eigenvalue weighted by atomic mass is 32.2. The van der Waals surface area contributed by atoms with Gasteiger partial charge in [0.15, 0.2) is 0 Å². The first-order chi connectivity index (χ1) is 14.4. The third-order valence-electron chi connectivity index (χ3n) is 4.97. The monoisotopic (exact) mass is 418 g/mol. The molecule has 0 unspecified atom stereocenters. The van der Waals surface area contributed by atoms with Crippen molar-refractivity contribution in [2.24, 2.45) is 0 Å². The van der Waals surface area contributed by atoms with Crippen molar-refractivity contribution in [1.29, 1.82) is 0 Å². The predicted octanol–water partition coefficient (Wildman–Crippen LogP) is 4.57. The van der Waals surface area contributed by atoms with Gasteiger partial charge in [0.1, 0.15) is 5.69 Å². The molecule has 0 aliphatic heterocycles. The first-order valence-electron chi connectivity index (χ1n) is 9.51. The molecule has 30 heavy (non-hydrogen) atoms. The van der Waals surface area contributed by atoms with Gasteiger partial charge in [-0.2, -0.15) is 8.42 Å². The van der Waals surface area contributed by atoms with Crippen molar-refractivity contribution in [2.45, 2.75) is 18.7 Å². The second-order valence-corrected chi connectivity index (χ2v) is 9.01. The second-order valence-electron chi connectivity index (χ2n) is 7.21. The highest BCUT2D eigenvalue weighted by molar-refractivity contribution is 7.89. The Morgan fingerprint density at radius 3 is 2.23 bits per heavy atom. The fraction of sp³-hybridized carbons (Fsp3) is 0.130. The van der Waals surface area contributed by atoms with E-state index in [0.717, 1.165) is 32.2 Å². The van der Waals surface area contributed by atoms with Gasteiger partial charge in [0.2, 0.25) is 0 Å². The van der Waals surface area contributed by atoms with Gasteiger partial charge in [0, 0.05) is 18.3 Å². The van der Waals surface area contributed by atoms with Crippen LogP contribution in [0.25, 0.3) is 11.3 Å². The first-order valence-corrected chi connectivity index (χ1v) is 10.9. The number of anilines is 2. The summed E-state index contributed by atoms with van der Waals surface area (Å²) in [5.41, 5.74) is 5.26. The van der Waals surface area contributed by atoms with E-state index < -0.39 is 10.0 Å². The van der Waals surface area contributed by atoms with Crippen molar-refractivity contribution >= 4 is 21.4 Å². The molecule has 0 fully saturated rings. The largest absolute Gasteiger partial charge is 0.344 e. The fourth-order valence-electron chi connectivity index (χ4n) is 3.25. The summed E-state index contributed by atoms with van der Waals surface area (Å²) in [6.45, 7) is 3.90. The standard InChI is InChI=1S/C23H22N4O2S/c1-17-9-12-20(13-10-17)30(28,29)27-16-22(24-25-27)21-15-18(2)11-14-23(21)26(3)19-7-5-4-6-8-19/h4-16H,1-3H3. The molecule has 0 saturated heterocycles. The molecule has 0 aliphatic rings. The summed E-state index contributed by atoms with van der Waals surface area (Å²) in [4.78, 5) is 2.22. The fourth-order valence-corrected chi connectivity index (χ4v) is 4.31. The van der Waals surface area contributed by atoms with E-state index in [1.165, 1.54) is 6.20 Å². The van der Waals surface area contributed by atoms with Gasteiger partial charge < -0.3 is 4.90 Å². The Morgan fingerprint density at radius 1 is 0.867 bits per heavy atom. The minimum absolute atomic E-state index is 0.176. The summed E-state index contributed by atoms with van der Waals surface area (Å²) in [6, 6.07) is 22.6.